The standard InChI is InChI=1S/C40H48N4O8/c1-50-34-20-18-28(24-35(34)51-2)12-8-11-27-13-9-14-29(23-27)52-26-38(47)41-22-7-5-3-4-6-17-36(45)42-32-16-10-15-30-31(32)25-44(40(30)49)33-19-21-37(46)43-39(33)48/h9-10,13-16,18,20,23-24,33H,3-8,11-12,17,19,21-22,25-26H2,1-2H3,(H,41,47)(H,42,45)(H,43,46,48). The molecule has 2 aliphatic heterocycles. The van der Waals surface area contributed by atoms with E-state index in [9.17, 15) is 24.0 Å². The summed E-state index contributed by atoms with van der Waals surface area (Å²) in [6.45, 7) is 0.723. The van der Waals surface area contributed by atoms with Crippen molar-refractivity contribution in [1.29, 1.82) is 0 Å². The van der Waals surface area contributed by atoms with Gasteiger partial charge in [0.25, 0.3) is 11.8 Å². The van der Waals surface area contributed by atoms with Crippen molar-refractivity contribution in [3.8, 4) is 17.2 Å². The van der Waals surface area contributed by atoms with Gasteiger partial charge < -0.3 is 29.7 Å². The van der Waals surface area contributed by atoms with Crippen molar-refractivity contribution in [1.82, 2.24) is 15.5 Å². The monoisotopic (exact) mass is 712 g/mol. The maximum atomic E-state index is 13.0. The summed E-state index contributed by atoms with van der Waals surface area (Å²) in [4.78, 5) is 63.5. The second-order valence-corrected chi connectivity index (χ2v) is 13.1. The minimum Gasteiger partial charge on any atom is -0.493 e. The number of hydrogen-bond donors (Lipinski definition) is 3. The van der Waals surface area contributed by atoms with Gasteiger partial charge in [-0.2, -0.15) is 0 Å². The molecule has 0 aliphatic carbocycles. The van der Waals surface area contributed by atoms with Crippen LogP contribution in [0.2, 0.25) is 0 Å². The van der Waals surface area contributed by atoms with Crippen LogP contribution in [0.1, 0.15) is 84.8 Å². The molecule has 5 amide bonds. The number of rotatable bonds is 19. The highest BCUT2D eigenvalue weighted by atomic mass is 16.5. The molecule has 276 valence electrons. The van der Waals surface area contributed by atoms with E-state index in [1.54, 1.807) is 32.4 Å². The fourth-order valence-corrected chi connectivity index (χ4v) is 6.61. The van der Waals surface area contributed by atoms with Crippen LogP contribution in [0.15, 0.2) is 60.7 Å². The second-order valence-electron chi connectivity index (χ2n) is 13.1. The van der Waals surface area contributed by atoms with Gasteiger partial charge in [0.2, 0.25) is 17.7 Å². The number of fused-ring (bicyclic) bond motifs is 1. The number of ether oxygens (including phenoxy) is 3. The lowest BCUT2D eigenvalue weighted by Crippen LogP contribution is -2.52. The van der Waals surface area contributed by atoms with E-state index in [-0.39, 0.29) is 49.6 Å². The van der Waals surface area contributed by atoms with Crippen LogP contribution in [0.25, 0.3) is 0 Å². The molecular weight excluding hydrogens is 664 g/mol. The van der Waals surface area contributed by atoms with E-state index in [4.69, 9.17) is 14.2 Å². The summed E-state index contributed by atoms with van der Waals surface area (Å²) in [6.07, 6.45) is 7.86. The summed E-state index contributed by atoms with van der Waals surface area (Å²) in [5.41, 5.74) is 4.05. The van der Waals surface area contributed by atoms with Crippen molar-refractivity contribution in [2.75, 3.05) is 32.7 Å². The maximum Gasteiger partial charge on any atom is 0.257 e. The van der Waals surface area contributed by atoms with Crippen molar-refractivity contribution in [2.24, 2.45) is 0 Å². The number of unbranched alkanes of at least 4 members (excludes halogenated alkanes) is 4. The van der Waals surface area contributed by atoms with Crippen molar-refractivity contribution < 1.29 is 38.2 Å². The van der Waals surface area contributed by atoms with Crippen LogP contribution in [-0.4, -0.2) is 67.8 Å². The van der Waals surface area contributed by atoms with Crippen molar-refractivity contribution in [2.45, 2.75) is 83.2 Å². The third-order valence-electron chi connectivity index (χ3n) is 9.41. The van der Waals surface area contributed by atoms with E-state index >= 15 is 0 Å². The molecule has 0 radical (unpaired) electrons. The van der Waals surface area contributed by atoms with Gasteiger partial charge >= 0.3 is 0 Å². The molecular formula is C40H48N4O8. The first-order valence-electron chi connectivity index (χ1n) is 18.0. The highest BCUT2D eigenvalue weighted by molar-refractivity contribution is 6.06. The van der Waals surface area contributed by atoms with Crippen LogP contribution in [-0.2, 0) is 38.6 Å². The van der Waals surface area contributed by atoms with Gasteiger partial charge in [-0.15, -0.1) is 0 Å². The summed E-state index contributed by atoms with van der Waals surface area (Å²) in [5, 5.41) is 8.16. The Balaban J connectivity index is 0.918. The lowest BCUT2D eigenvalue weighted by atomic mass is 10.0. The fourth-order valence-electron chi connectivity index (χ4n) is 6.61. The van der Waals surface area contributed by atoms with Gasteiger partial charge in [-0.05, 0) is 86.1 Å². The number of aryl methyl sites for hydroxylation is 2. The number of benzene rings is 3. The van der Waals surface area contributed by atoms with E-state index in [0.717, 1.165) is 62.7 Å². The molecule has 3 N–H and O–H groups in total. The molecule has 1 fully saturated rings. The van der Waals surface area contributed by atoms with Crippen LogP contribution < -0.4 is 30.2 Å². The number of anilines is 1. The zero-order valence-corrected chi connectivity index (χ0v) is 30.0. The Morgan fingerprint density at radius 3 is 2.37 bits per heavy atom. The third-order valence-corrected chi connectivity index (χ3v) is 9.41. The molecule has 0 spiro atoms. The first kappa shape index (κ1) is 37.9. The Kier molecular flexibility index (Phi) is 13.6. The van der Waals surface area contributed by atoms with Crippen LogP contribution in [0.3, 0.4) is 0 Å². The molecule has 3 aromatic rings. The Bertz CT molecular complexity index is 1760. The first-order chi connectivity index (χ1) is 25.2. The molecule has 0 saturated carbocycles. The average molecular weight is 713 g/mol. The summed E-state index contributed by atoms with van der Waals surface area (Å²) in [7, 11) is 3.26. The number of hydrogen-bond acceptors (Lipinski definition) is 8. The third kappa shape index (κ3) is 10.3. The van der Waals surface area contributed by atoms with Gasteiger partial charge in [-0.1, -0.05) is 43.5 Å². The number of amides is 5. The number of methoxy groups -OCH3 is 2. The van der Waals surface area contributed by atoms with Gasteiger partial charge in [0.15, 0.2) is 18.1 Å². The summed E-state index contributed by atoms with van der Waals surface area (Å²) in [6, 6.07) is 18.3. The average Bonchev–Trinajstić information content (AvgIpc) is 3.48. The zero-order chi connectivity index (χ0) is 36.9. The quantitative estimate of drug-likeness (QED) is 0.115. The Hall–Kier alpha value is -5.39. The number of carbonyl (C=O) groups excluding carboxylic acids is 5. The number of piperidine rings is 1. The summed E-state index contributed by atoms with van der Waals surface area (Å²) >= 11 is 0. The number of nitrogens with zero attached hydrogens (tertiary/aromatic N) is 1. The van der Waals surface area contributed by atoms with Gasteiger partial charge in [-0.3, -0.25) is 29.3 Å². The van der Waals surface area contributed by atoms with Crippen molar-refractivity contribution in [3.05, 3.63) is 82.9 Å². The molecule has 12 heteroatoms. The Morgan fingerprint density at radius 2 is 1.58 bits per heavy atom. The largest absolute Gasteiger partial charge is 0.493 e. The summed E-state index contributed by atoms with van der Waals surface area (Å²) in [5.74, 6) is 0.746. The maximum absolute atomic E-state index is 13.0. The molecule has 0 aromatic heterocycles. The summed E-state index contributed by atoms with van der Waals surface area (Å²) < 4.78 is 16.5. The SMILES string of the molecule is COc1ccc(CCCc2cccc(OCC(=O)NCCCCCCCC(=O)Nc3cccc4c3CN(C3CCC(=O)NC3=O)C4=O)c2)cc1OC. The van der Waals surface area contributed by atoms with Crippen LogP contribution in [0.4, 0.5) is 5.69 Å². The van der Waals surface area contributed by atoms with E-state index in [1.807, 2.05) is 36.4 Å². The molecule has 2 aliphatic rings. The smallest absolute Gasteiger partial charge is 0.257 e. The second kappa shape index (κ2) is 18.7. The molecule has 5 rings (SSSR count). The van der Waals surface area contributed by atoms with E-state index in [2.05, 4.69) is 22.0 Å². The van der Waals surface area contributed by atoms with E-state index in [0.29, 0.717) is 41.3 Å². The number of nitrogens with one attached hydrogen (secondary N) is 3. The highest BCUT2D eigenvalue weighted by Crippen LogP contribution is 2.32. The lowest BCUT2D eigenvalue weighted by molar-refractivity contribution is -0.137. The molecule has 1 unspecified atom stereocenters. The first-order valence-corrected chi connectivity index (χ1v) is 18.0. The Labute approximate surface area is 304 Å². The minimum absolute atomic E-state index is 0.0437. The van der Waals surface area contributed by atoms with Gasteiger partial charge in [0.1, 0.15) is 11.8 Å². The van der Waals surface area contributed by atoms with Crippen LogP contribution >= 0.6 is 0 Å². The van der Waals surface area contributed by atoms with Crippen LogP contribution in [0.5, 0.6) is 17.2 Å². The normalized spacial score (nSPS) is 15.2. The molecule has 1 saturated heterocycles. The van der Waals surface area contributed by atoms with Gasteiger partial charge in [-0.25, -0.2) is 0 Å². The Morgan fingerprint density at radius 1 is 0.827 bits per heavy atom. The predicted molar refractivity (Wildman–Crippen MR) is 195 cm³/mol. The number of imide groups is 1. The fraction of sp³-hybridized carbons (Fsp3) is 0.425. The van der Waals surface area contributed by atoms with E-state index in [1.165, 1.54) is 10.5 Å². The van der Waals surface area contributed by atoms with Gasteiger partial charge in [0.05, 0.1) is 14.2 Å². The molecule has 1 atom stereocenters. The predicted octanol–water partition coefficient (Wildman–Crippen LogP) is 5.11. The molecule has 52 heavy (non-hydrogen) atoms. The van der Waals surface area contributed by atoms with E-state index < -0.39 is 11.9 Å². The number of carbonyl (C=O) groups is 5. The highest BCUT2D eigenvalue weighted by Gasteiger charge is 2.40. The van der Waals surface area contributed by atoms with Crippen molar-refractivity contribution >= 4 is 35.2 Å². The zero-order valence-electron chi connectivity index (χ0n) is 30.0. The molecule has 3 aromatic carbocycles. The molecule has 0 bridgehead atoms. The lowest BCUT2D eigenvalue weighted by Gasteiger charge is -2.29. The van der Waals surface area contributed by atoms with Crippen molar-refractivity contribution in [3.63, 3.8) is 0 Å². The minimum atomic E-state index is -0.704. The molecule has 2 heterocycles. The topological polar surface area (TPSA) is 152 Å². The van der Waals surface area contributed by atoms with Gasteiger partial charge in [0, 0.05) is 42.7 Å². The molecule has 12 nitrogen and oxygen atoms in total. The van der Waals surface area contributed by atoms with Crippen LogP contribution in [0, 0.1) is 0 Å².